The van der Waals surface area contributed by atoms with E-state index in [9.17, 15) is 15.3 Å². The molecule has 3 aliphatic rings. The molecule has 0 radical (unpaired) electrons. The van der Waals surface area contributed by atoms with Crippen molar-refractivity contribution in [1.29, 1.82) is 0 Å². The molecule has 1 unspecified atom stereocenters. The maximum Gasteiger partial charge on any atom is 0.115 e. The molecule has 120 valence electrons. The maximum atomic E-state index is 10.4. The van der Waals surface area contributed by atoms with Crippen molar-refractivity contribution in [2.75, 3.05) is 6.61 Å². The highest BCUT2D eigenvalue weighted by Gasteiger charge is 2.55. The monoisotopic (exact) mass is 302 g/mol. The van der Waals surface area contributed by atoms with Crippen LogP contribution >= 0.6 is 0 Å². The van der Waals surface area contributed by atoms with Crippen LogP contribution in [0.15, 0.2) is 18.2 Å². The van der Waals surface area contributed by atoms with Crippen LogP contribution in [0.25, 0.3) is 0 Å². The van der Waals surface area contributed by atoms with Gasteiger partial charge in [-0.25, -0.2) is 0 Å². The Hall–Kier alpha value is -1.06. The molecule has 3 N–H and O–H groups in total. The minimum absolute atomic E-state index is 0.0651. The van der Waals surface area contributed by atoms with Crippen LogP contribution < -0.4 is 0 Å². The Morgan fingerprint density at radius 3 is 2.77 bits per heavy atom. The fourth-order valence-electron chi connectivity index (χ4n) is 5.86. The Morgan fingerprint density at radius 1 is 1.18 bits per heavy atom. The van der Waals surface area contributed by atoms with Crippen molar-refractivity contribution in [3.63, 3.8) is 0 Å². The molecule has 3 nitrogen and oxygen atoms in total. The third kappa shape index (κ3) is 1.88. The lowest BCUT2D eigenvalue weighted by molar-refractivity contribution is -0.0265. The second-order valence-corrected chi connectivity index (χ2v) is 7.94. The highest BCUT2D eigenvalue weighted by atomic mass is 16.3. The van der Waals surface area contributed by atoms with Gasteiger partial charge in [0.05, 0.1) is 6.10 Å². The predicted molar refractivity (Wildman–Crippen MR) is 84.9 cm³/mol. The molecule has 2 fully saturated rings. The number of benzene rings is 1. The quantitative estimate of drug-likeness (QED) is 0.747. The summed E-state index contributed by atoms with van der Waals surface area (Å²) in [5, 5.41) is 30.1. The molecule has 0 amide bonds. The number of aliphatic hydroxyl groups excluding tert-OH is 2. The third-order valence-electron chi connectivity index (χ3n) is 7.07. The maximum absolute atomic E-state index is 10.4. The van der Waals surface area contributed by atoms with Gasteiger partial charge in [-0.15, -0.1) is 0 Å². The van der Waals surface area contributed by atoms with Crippen LogP contribution in [0, 0.1) is 17.3 Å². The van der Waals surface area contributed by atoms with Gasteiger partial charge in [0.1, 0.15) is 5.75 Å². The first-order chi connectivity index (χ1) is 10.5. The summed E-state index contributed by atoms with van der Waals surface area (Å²) < 4.78 is 0. The zero-order valence-electron chi connectivity index (χ0n) is 13.2. The minimum Gasteiger partial charge on any atom is -0.508 e. The number of phenolic OH excluding ortho intramolecular Hbond substituents is 1. The van der Waals surface area contributed by atoms with E-state index in [1.165, 1.54) is 5.56 Å². The van der Waals surface area contributed by atoms with Crippen LogP contribution in [0.4, 0.5) is 0 Å². The normalized spacial score (nSPS) is 43.3. The van der Waals surface area contributed by atoms with Crippen molar-refractivity contribution >= 4 is 0 Å². The van der Waals surface area contributed by atoms with Crippen LogP contribution in [-0.4, -0.2) is 28.0 Å². The number of aromatic hydroxyl groups is 1. The van der Waals surface area contributed by atoms with E-state index < -0.39 is 0 Å². The van der Waals surface area contributed by atoms with E-state index in [1.807, 2.05) is 6.07 Å². The molecule has 3 heteroatoms. The van der Waals surface area contributed by atoms with E-state index in [2.05, 4.69) is 13.0 Å². The molecule has 22 heavy (non-hydrogen) atoms. The van der Waals surface area contributed by atoms with Crippen LogP contribution in [0.3, 0.4) is 0 Å². The van der Waals surface area contributed by atoms with Crippen molar-refractivity contribution in [1.82, 2.24) is 0 Å². The summed E-state index contributed by atoms with van der Waals surface area (Å²) in [6.45, 7) is 2.41. The van der Waals surface area contributed by atoms with Gasteiger partial charge in [0.15, 0.2) is 0 Å². The van der Waals surface area contributed by atoms with E-state index in [4.69, 9.17) is 0 Å². The van der Waals surface area contributed by atoms with Gasteiger partial charge in [0.25, 0.3) is 0 Å². The smallest absolute Gasteiger partial charge is 0.115 e. The molecule has 6 atom stereocenters. The Bertz CT molecular complexity index is 584. The van der Waals surface area contributed by atoms with Gasteiger partial charge in [0.2, 0.25) is 0 Å². The van der Waals surface area contributed by atoms with Gasteiger partial charge in [-0.3, -0.25) is 0 Å². The molecule has 3 aliphatic carbocycles. The number of rotatable bonds is 1. The minimum atomic E-state index is -0.160. The molecule has 0 bridgehead atoms. The van der Waals surface area contributed by atoms with E-state index >= 15 is 0 Å². The summed E-state index contributed by atoms with van der Waals surface area (Å²) in [4.78, 5) is 0. The number of hydrogen-bond donors (Lipinski definition) is 3. The van der Waals surface area contributed by atoms with Crippen molar-refractivity contribution in [2.45, 2.75) is 57.0 Å². The van der Waals surface area contributed by atoms with Crippen molar-refractivity contribution in [3.05, 3.63) is 29.3 Å². The molecular formula is C19H26O3. The van der Waals surface area contributed by atoms with Gasteiger partial charge in [-0.2, -0.15) is 0 Å². The molecule has 4 rings (SSSR count). The molecular weight excluding hydrogens is 276 g/mol. The highest BCUT2D eigenvalue weighted by Crippen LogP contribution is 2.62. The molecule has 2 saturated carbocycles. The van der Waals surface area contributed by atoms with Crippen LogP contribution in [0.5, 0.6) is 5.75 Å². The predicted octanol–water partition coefficient (Wildman–Crippen LogP) is 3.14. The lowest BCUT2D eigenvalue weighted by atomic mass is 9.54. The number of hydrogen-bond acceptors (Lipinski definition) is 3. The average molecular weight is 302 g/mol. The summed E-state index contributed by atoms with van der Waals surface area (Å²) in [7, 11) is 0. The Balaban J connectivity index is 1.76. The number of aliphatic hydroxyl groups is 2. The van der Waals surface area contributed by atoms with Gasteiger partial charge < -0.3 is 15.3 Å². The second-order valence-electron chi connectivity index (χ2n) is 7.94. The second kappa shape index (κ2) is 4.97. The first-order valence-electron chi connectivity index (χ1n) is 8.66. The van der Waals surface area contributed by atoms with Gasteiger partial charge in [0, 0.05) is 12.5 Å². The first-order valence-corrected chi connectivity index (χ1v) is 8.66. The molecule has 0 aromatic heterocycles. The highest BCUT2D eigenvalue weighted by molar-refractivity contribution is 5.42. The van der Waals surface area contributed by atoms with E-state index in [1.54, 1.807) is 6.07 Å². The SMILES string of the molecule is C[C@]12CC[C@@H]3c4ccc(O)cc4[C@@H](CO)C[C@H]3C1CC[C@@H]2O. The molecule has 1 aromatic rings. The van der Waals surface area contributed by atoms with Gasteiger partial charge in [-0.1, -0.05) is 13.0 Å². The molecule has 0 spiro atoms. The van der Waals surface area contributed by atoms with E-state index in [0.29, 0.717) is 23.5 Å². The Morgan fingerprint density at radius 2 is 2.00 bits per heavy atom. The molecule has 0 heterocycles. The van der Waals surface area contributed by atoms with Crippen molar-refractivity contribution in [3.8, 4) is 5.75 Å². The largest absolute Gasteiger partial charge is 0.508 e. The lowest BCUT2D eigenvalue weighted by Gasteiger charge is -2.51. The fourth-order valence-corrected chi connectivity index (χ4v) is 5.86. The van der Waals surface area contributed by atoms with E-state index in [-0.39, 0.29) is 24.0 Å². The average Bonchev–Trinajstić information content (AvgIpc) is 2.82. The summed E-state index contributed by atoms with van der Waals surface area (Å²) in [5.74, 6) is 2.08. The Kier molecular flexibility index (Phi) is 3.28. The molecule has 1 aromatic carbocycles. The fraction of sp³-hybridized carbons (Fsp3) is 0.684. The zero-order valence-corrected chi connectivity index (χ0v) is 13.2. The van der Waals surface area contributed by atoms with Crippen molar-refractivity contribution in [2.24, 2.45) is 17.3 Å². The van der Waals surface area contributed by atoms with Crippen molar-refractivity contribution < 1.29 is 15.3 Å². The standard InChI is InChI=1S/C19H26O3/c1-19-7-6-14-13-3-2-12(21)9-15(13)11(10-20)8-16(14)17(19)4-5-18(19)22/h2-3,9,11,14,16-18,20-22H,4-8,10H2,1H3/t11-,14-,16-,17?,18+,19+/m1/s1. The summed E-state index contributed by atoms with van der Waals surface area (Å²) >= 11 is 0. The molecule has 0 saturated heterocycles. The van der Waals surface area contributed by atoms with E-state index in [0.717, 1.165) is 37.7 Å². The summed E-state index contributed by atoms with van der Waals surface area (Å²) in [6.07, 6.45) is 5.08. The number of phenols is 1. The number of fused-ring (bicyclic) bond motifs is 5. The topological polar surface area (TPSA) is 60.7 Å². The summed E-state index contributed by atoms with van der Waals surface area (Å²) in [5.41, 5.74) is 2.54. The molecule has 0 aliphatic heterocycles. The van der Waals surface area contributed by atoms with Crippen LogP contribution in [0.1, 0.15) is 62.0 Å². The third-order valence-corrected chi connectivity index (χ3v) is 7.07. The van der Waals surface area contributed by atoms with Gasteiger partial charge in [-0.05, 0) is 78.5 Å². The zero-order chi connectivity index (χ0) is 15.5. The van der Waals surface area contributed by atoms with Gasteiger partial charge >= 0.3 is 0 Å². The van der Waals surface area contributed by atoms with Crippen LogP contribution in [0.2, 0.25) is 0 Å². The first kappa shape index (κ1) is 14.5. The summed E-state index contributed by atoms with van der Waals surface area (Å²) in [6, 6.07) is 5.70. The lowest BCUT2D eigenvalue weighted by Crippen LogP contribution is -2.44. The van der Waals surface area contributed by atoms with Crippen LogP contribution in [-0.2, 0) is 0 Å². The Labute approximate surface area is 132 Å².